The third-order valence-corrected chi connectivity index (χ3v) is 2.76. The number of nitrogens with one attached hydrogen (secondary N) is 2. The van der Waals surface area contributed by atoms with Crippen LogP contribution in [-0.4, -0.2) is 17.1 Å². The monoisotopic (exact) mass is 290 g/mol. The topological polar surface area (TPSA) is 109 Å². The standard InChI is InChI=1S/C12H11ClN6O/c1-20-9-4-2-3-7(5-14)10(9)17-11-8(13)6-16-12(18-11)19-15/h2-4,6H,15H2,1H3,(H2,16,17,18,19). The highest BCUT2D eigenvalue weighted by atomic mass is 35.5. The van der Waals surface area contributed by atoms with Gasteiger partial charge in [-0.1, -0.05) is 17.7 Å². The van der Waals surface area contributed by atoms with Crippen molar-refractivity contribution in [1.29, 1.82) is 5.26 Å². The maximum absolute atomic E-state index is 9.14. The van der Waals surface area contributed by atoms with Crippen molar-refractivity contribution in [3.8, 4) is 11.8 Å². The predicted octanol–water partition coefficient (Wildman–Crippen LogP) is 2.04. The molecule has 0 unspecified atom stereocenters. The molecule has 8 heteroatoms. The lowest BCUT2D eigenvalue weighted by atomic mass is 10.2. The third kappa shape index (κ3) is 2.71. The number of hydrazine groups is 1. The van der Waals surface area contributed by atoms with Gasteiger partial charge in [-0.25, -0.2) is 10.8 Å². The lowest BCUT2D eigenvalue weighted by Crippen LogP contribution is -2.11. The summed E-state index contributed by atoms with van der Waals surface area (Å²) in [5.41, 5.74) is 3.20. The van der Waals surface area contributed by atoms with Crippen LogP contribution in [0.4, 0.5) is 17.5 Å². The smallest absolute Gasteiger partial charge is 0.239 e. The zero-order valence-electron chi connectivity index (χ0n) is 10.5. The van der Waals surface area contributed by atoms with Gasteiger partial charge in [-0.3, -0.25) is 5.43 Å². The molecule has 0 bridgehead atoms. The summed E-state index contributed by atoms with van der Waals surface area (Å²) < 4.78 is 5.22. The van der Waals surface area contributed by atoms with E-state index >= 15 is 0 Å². The van der Waals surface area contributed by atoms with Crippen LogP contribution >= 0.6 is 11.6 Å². The van der Waals surface area contributed by atoms with E-state index in [2.05, 4.69) is 26.8 Å². The maximum atomic E-state index is 9.14. The van der Waals surface area contributed by atoms with Crippen molar-refractivity contribution in [3.63, 3.8) is 0 Å². The Morgan fingerprint density at radius 2 is 2.25 bits per heavy atom. The molecule has 7 nitrogen and oxygen atoms in total. The summed E-state index contributed by atoms with van der Waals surface area (Å²) in [5, 5.41) is 12.4. The second-order valence-corrected chi connectivity index (χ2v) is 4.06. The fourth-order valence-electron chi connectivity index (χ4n) is 1.57. The molecular formula is C12H11ClN6O. The fraction of sp³-hybridized carbons (Fsp3) is 0.0833. The minimum atomic E-state index is 0.199. The summed E-state index contributed by atoms with van der Waals surface area (Å²) in [7, 11) is 1.51. The molecule has 0 fully saturated rings. The highest BCUT2D eigenvalue weighted by Crippen LogP contribution is 2.32. The number of aromatic nitrogens is 2. The van der Waals surface area contributed by atoms with E-state index < -0.39 is 0 Å². The van der Waals surface area contributed by atoms with Crippen molar-refractivity contribution in [2.24, 2.45) is 5.84 Å². The van der Waals surface area contributed by atoms with Gasteiger partial charge in [-0.05, 0) is 12.1 Å². The van der Waals surface area contributed by atoms with E-state index in [1.165, 1.54) is 13.3 Å². The molecule has 0 aliphatic carbocycles. The van der Waals surface area contributed by atoms with Gasteiger partial charge in [-0.15, -0.1) is 0 Å². The van der Waals surface area contributed by atoms with Crippen molar-refractivity contribution < 1.29 is 4.74 Å². The van der Waals surface area contributed by atoms with Gasteiger partial charge < -0.3 is 10.1 Å². The van der Waals surface area contributed by atoms with E-state index in [9.17, 15) is 0 Å². The molecule has 0 saturated carbocycles. The van der Waals surface area contributed by atoms with Crippen molar-refractivity contribution in [2.45, 2.75) is 0 Å². The average molecular weight is 291 g/mol. The lowest BCUT2D eigenvalue weighted by molar-refractivity contribution is 0.416. The summed E-state index contributed by atoms with van der Waals surface area (Å²) in [4.78, 5) is 7.95. The van der Waals surface area contributed by atoms with Crippen molar-refractivity contribution >= 4 is 29.1 Å². The Balaban J connectivity index is 2.47. The number of nitriles is 1. The number of hydrogen-bond donors (Lipinski definition) is 3. The van der Waals surface area contributed by atoms with Crippen molar-refractivity contribution in [1.82, 2.24) is 9.97 Å². The van der Waals surface area contributed by atoms with Crippen LogP contribution < -0.4 is 21.3 Å². The number of nitrogens with zero attached hydrogens (tertiary/aromatic N) is 3. The molecule has 0 aliphatic rings. The van der Waals surface area contributed by atoms with Crippen LogP contribution in [0.1, 0.15) is 5.56 Å². The first-order chi connectivity index (χ1) is 9.69. The van der Waals surface area contributed by atoms with E-state index in [0.717, 1.165) is 0 Å². The van der Waals surface area contributed by atoms with Gasteiger partial charge in [0.1, 0.15) is 22.5 Å². The number of rotatable bonds is 4. The molecule has 4 N–H and O–H groups in total. The van der Waals surface area contributed by atoms with E-state index in [0.29, 0.717) is 27.8 Å². The maximum Gasteiger partial charge on any atom is 0.239 e. The van der Waals surface area contributed by atoms with Gasteiger partial charge >= 0.3 is 0 Å². The Hall–Kier alpha value is -2.56. The average Bonchev–Trinajstić information content (AvgIpc) is 2.49. The number of nitrogens with two attached hydrogens (primary N) is 1. The van der Waals surface area contributed by atoms with Gasteiger partial charge in [-0.2, -0.15) is 10.2 Å². The molecular weight excluding hydrogens is 280 g/mol. The van der Waals surface area contributed by atoms with Crippen LogP contribution in [0, 0.1) is 11.3 Å². The Labute approximate surface area is 120 Å². The van der Waals surface area contributed by atoms with Crippen LogP contribution in [0.2, 0.25) is 5.02 Å². The number of nitrogen functional groups attached to an aromatic ring is 1. The largest absolute Gasteiger partial charge is 0.495 e. The first kappa shape index (κ1) is 13.9. The molecule has 0 saturated heterocycles. The molecule has 2 aromatic rings. The molecule has 1 aromatic heterocycles. The molecule has 0 aliphatic heterocycles. The van der Waals surface area contributed by atoms with Gasteiger partial charge in [0.25, 0.3) is 0 Å². The second-order valence-electron chi connectivity index (χ2n) is 3.65. The minimum Gasteiger partial charge on any atom is -0.495 e. The van der Waals surface area contributed by atoms with Crippen LogP contribution in [0.3, 0.4) is 0 Å². The van der Waals surface area contributed by atoms with E-state index in [-0.39, 0.29) is 5.95 Å². The summed E-state index contributed by atoms with van der Waals surface area (Å²) >= 11 is 6.01. The summed E-state index contributed by atoms with van der Waals surface area (Å²) in [5.74, 6) is 6.27. The number of hydrogen-bond acceptors (Lipinski definition) is 7. The number of halogens is 1. The summed E-state index contributed by atoms with van der Waals surface area (Å²) in [6.45, 7) is 0. The zero-order chi connectivity index (χ0) is 14.5. The molecule has 0 spiro atoms. The zero-order valence-corrected chi connectivity index (χ0v) is 11.3. The molecule has 0 amide bonds. The van der Waals surface area contributed by atoms with Crippen LogP contribution in [0.25, 0.3) is 0 Å². The van der Waals surface area contributed by atoms with Crippen LogP contribution in [-0.2, 0) is 0 Å². The highest BCUT2D eigenvalue weighted by Gasteiger charge is 2.12. The Morgan fingerprint density at radius 3 is 2.90 bits per heavy atom. The number of benzene rings is 1. The fourth-order valence-corrected chi connectivity index (χ4v) is 1.70. The molecule has 0 radical (unpaired) electrons. The molecule has 0 atom stereocenters. The van der Waals surface area contributed by atoms with Crippen LogP contribution in [0.5, 0.6) is 5.75 Å². The van der Waals surface area contributed by atoms with Gasteiger partial charge in [0.2, 0.25) is 5.95 Å². The summed E-state index contributed by atoms with van der Waals surface area (Å²) in [6, 6.07) is 7.17. The van der Waals surface area contributed by atoms with Gasteiger partial charge in [0.15, 0.2) is 5.82 Å². The number of ether oxygens (including phenoxy) is 1. The van der Waals surface area contributed by atoms with Gasteiger partial charge in [0, 0.05) is 0 Å². The molecule has 1 aromatic carbocycles. The number of para-hydroxylation sites is 1. The predicted molar refractivity (Wildman–Crippen MR) is 75.8 cm³/mol. The third-order valence-electron chi connectivity index (χ3n) is 2.48. The minimum absolute atomic E-state index is 0.199. The quantitative estimate of drug-likeness (QED) is 0.584. The van der Waals surface area contributed by atoms with E-state index in [4.69, 9.17) is 27.4 Å². The van der Waals surface area contributed by atoms with Crippen molar-refractivity contribution in [2.75, 3.05) is 17.9 Å². The first-order valence-corrected chi connectivity index (χ1v) is 5.90. The lowest BCUT2D eigenvalue weighted by Gasteiger charge is -2.13. The SMILES string of the molecule is COc1cccc(C#N)c1Nc1nc(NN)ncc1Cl. The first-order valence-electron chi connectivity index (χ1n) is 5.53. The number of methoxy groups -OCH3 is 1. The molecule has 20 heavy (non-hydrogen) atoms. The normalized spacial score (nSPS) is 9.70. The Kier molecular flexibility index (Phi) is 4.20. The highest BCUT2D eigenvalue weighted by molar-refractivity contribution is 6.33. The van der Waals surface area contributed by atoms with Crippen LogP contribution in [0.15, 0.2) is 24.4 Å². The Bertz CT molecular complexity index is 669. The molecule has 102 valence electrons. The second kappa shape index (κ2) is 6.06. The van der Waals surface area contributed by atoms with E-state index in [1.54, 1.807) is 18.2 Å². The summed E-state index contributed by atoms with van der Waals surface area (Å²) in [6.07, 6.45) is 1.40. The van der Waals surface area contributed by atoms with Crippen molar-refractivity contribution in [3.05, 3.63) is 35.0 Å². The molecule has 2 rings (SSSR count). The molecule has 1 heterocycles. The number of anilines is 3. The van der Waals surface area contributed by atoms with E-state index in [1.807, 2.05) is 0 Å². The Morgan fingerprint density at radius 1 is 1.45 bits per heavy atom. The van der Waals surface area contributed by atoms with Gasteiger partial charge in [0.05, 0.1) is 18.9 Å².